The van der Waals surface area contributed by atoms with Crippen molar-refractivity contribution in [1.82, 2.24) is 24.9 Å². The van der Waals surface area contributed by atoms with Gasteiger partial charge in [-0.05, 0) is 56.2 Å². The van der Waals surface area contributed by atoms with E-state index >= 15 is 0 Å². The minimum absolute atomic E-state index is 0.0485. The third-order valence-electron chi connectivity index (χ3n) is 3.92. The minimum Gasteiger partial charge on any atom is -0.331 e. The van der Waals surface area contributed by atoms with Crippen molar-refractivity contribution >= 4 is 11.6 Å². The van der Waals surface area contributed by atoms with Crippen molar-refractivity contribution in [1.29, 1.82) is 0 Å². The molecule has 0 N–H and O–H groups in total. The molecule has 1 unspecified atom stereocenters. The normalized spacial score (nSPS) is 22.1. The Morgan fingerprint density at radius 1 is 1.42 bits per heavy atom. The van der Waals surface area contributed by atoms with Crippen molar-refractivity contribution in [2.75, 3.05) is 0 Å². The van der Waals surface area contributed by atoms with Gasteiger partial charge in [-0.2, -0.15) is 4.52 Å². The van der Waals surface area contributed by atoms with Gasteiger partial charge in [0.05, 0.1) is 5.56 Å². The van der Waals surface area contributed by atoms with E-state index in [9.17, 15) is 4.79 Å². The molecule has 1 amide bonds. The van der Waals surface area contributed by atoms with Crippen LogP contribution in [0.25, 0.3) is 5.65 Å². The lowest BCUT2D eigenvalue weighted by Crippen LogP contribution is -2.46. The average molecular weight is 259 g/mol. The van der Waals surface area contributed by atoms with Crippen LogP contribution in [0, 0.1) is 0 Å². The SMILES string of the molecule is CC1CCC(C)(C)N1C(=O)c1ccc2nnnn2c1. The molecule has 3 heterocycles. The fraction of sp³-hybridized carbons (Fsp3) is 0.538. The summed E-state index contributed by atoms with van der Waals surface area (Å²) < 4.78 is 1.53. The Labute approximate surface area is 111 Å². The van der Waals surface area contributed by atoms with Gasteiger partial charge in [0.25, 0.3) is 5.91 Å². The zero-order chi connectivity index (χ0) is 13.6. The molecular weight excluding hydrogens is 242 g/mol. The number of likely N-dealkylation sites (tertiary alicyclic amines) is 1. The number of nitrogens with zero attached hydrogens (tertiary/aromatic N) is 5. The number of amides is 1. The predicted molar refractivity (Wildman–Crippen MR) is 69.7 cm³/mol. The van der Waals surface area contributed by atoms with Crippen molar-refractivity contribution in [3.8, 4) is 0 Å². The van der Waals surface area contributed by atoms with Gasteiger partial charge in [-0.25, -0.2) is 0 Å². The molecule has 1 atom stereocenters. The van der Waals surface area contributed by atoms with Crippen molar-refractivity contribution in [3.05, 3.63) is 23.9 Å². The van der Waals surface area contributed by atoms with E-state index in [1.54, 1.807) is 18.3 Å². The van der Waals surface area contributed by atoms with Crippen LogP contribution in [0.2, 0.25) is 0 Å². The number of aromatic nitrogens is 4. The molecule has 19 heavy (non-hydrogen) atoms. The number of hydrogen-bond donors (Lipinski definition) is 0. The van der Waals surface area contributed by atoms with Gasteiger partial charge >= 0.3 is 0 Å². The number of hydrogen-bond acceptors (Lipinski definition) is 4. The Balaban J connectivity index is 1.98. The maximum atomic E-state index is 12.7. The number of rotatable bonds is 1. The molecule has 1 fully saturated rings. The van der Waals surface area contributed by atoms with Crippen molar-refractivity contribution in [2.45, 2.75) is 45.2 Å². The topological polar surface area (TPSA) is 63.4 Å². The largest absolute Gasteiger partial charge is 0.331 e. The van der Waals surface area contributed by atoms with Gasteiger partial charge in [0, 0.05) is 17.8 Å². The summed E-state index contributed by atoms with van der Waals surface area (Å²) in [5.74, 6) is 0.0485. The first-order valence-corrected chi connectivity index (χ1v) is 6.50. The molecule has 0 saturated carbocycles. The van der Waals surface area contributed by atoms with Crippen LogP contribution in [0.4, 0.5) is 0 Å². The van der Waals surface area contributed by atoms with Gasteiger partial charge in [-0.1, -0.05) is 0 Å². The highest BCUT2D eigenvalue weighted by atomic mass is 16.2. The summed E-state index contributed by atoms with van der Waals surface area (Å²) in [6, 6.07) is 3.82. The maximum absolute atomic E-state index is 12.7. The van der Waals surface area contributed by atoms with Gasteiger partial charge < -0.3 is 4.90 Å². The first kappa shape index (κ1) is 12.1. The molecular formula is C13H17N5O. The smallest absolute Gasteiger partial charge is 0.256 e. The van der Waals surface area contributed by atoms with Crippen molar-refractivity contribution in [3.63, 3.8) is 0 Å². The van der Waals surface area contributed by atoms with E-state index in [-0.39, 0.29) is 17.5 Å². The van der Waals surface area contributed by atoms with E-state index < -0.39 is 0 Å². The lowest BCUT2D eigenvalue weighted by atomic mass is 10.0. The van der Waals surface area contributed by atoms with Crippen LogP contribution >= 0.6 is 0 Å². The second kappa shape index (κ2) is 4.01. The Bertz CT molecular complexity index is 633. The Morgan fingerprint density at radius 2 is 2.21 bits per heavy atom. The third-order valence-corrected chi connectivity index (χ3v) is 3.92. The summed E-state index contributed by atoms with van der Waals surface area (Å²) in [6.45, 7) is 6.33. The molecule has 1 aliphatic rings. The lowest BCUT2D eigenvalue weighted by molar-refractivity contribution is 0.0577. The Kier molecular flexibility index (Phi) is 2.55. The van der Waals surface area contributed by atoms with Crippen LogP contribution in [0.1, 0.15) is 44.0 Å². The van der Waals surface area contributed by atoms with Crippen LogP contribution < -0.4 is 0 Å². The Morgan fingerprint density at radius 3 is 2.89 bits per heavy atom. The monoisotopic (exact) mass is 259 g/mol. The van der Waals surface area contributed by atoms with E-state index in [1.165, 1.54) is 4.52 Å². The molecule has 2 aromatic heterocycles. The minimum atomic E-state index is -0.0912. The van der Waals surface area contributed by atoms with Crippen molar-refractivity contribution < 1.29 is 4.79 Å². The average Bonchev–Trinajstić information content (AvgIpc) is 2.92. The van der Waals surface area contributed by atoms with Crippen LogP contribution in [-0.2, 0) is 0 Å². The second-order valence-electron chi connectivity index (χ2n) is 5.77. The molecule has 1 aliphatic heterocycles. The Hall–Kier alpha value is -1.98. The molecule has 1 saturated heterocycles. The van der Waals surface area contributed by atoms with Crippen LogP contribution in [0.15, 0.2) is 18.3 Å². The van der Waals surface area contributed by atoms with E-state index in [0.29, 0.717) is 11.2 Å². The molecule has 0 bridgehead atoms. The quantitative estimate of drug-likeness (QED) is 0.779. The molecule has 100 valence electrons. The highest BCUT2D eigenvalue weighted by molar-refractivity contribution is 5.95. The number of tetrazole rings is 1. The zero-order valence-corrected chi connectivity index (χ0v) is 11.4. The summed E-state index contributed by atoms with van der Waals surface area (Å²) in [5.41, 5.74) is 1.18. The number of carbonyl (C=O) groups is 1. The summed E-state index contributed by atoms with van der Waals surface area (Å²) in [6.07, 6.45) is 3.78. The van der Waals surface area contributed by atoms with E-state index in [2.05, 4.69) is 36.3 Å². The number of fused-ring (bicyclic) bond motifs is 1. The van der Waals surface area contributed by atoms with Gasteiger partial charge in [0.15, 0.2) is 5.65 Å². The van der Waals surface area contributed by atoms with Crippen LogP contribution in [0.5, 0.6) is 0 Å². The van der Waals surface area contributed by atoms with Gasteiger partial charge in [0.2, 0.25) is 0 Å². The third kappa shape index (κ3) is 1.87. The van der Waals surface area contributed by atoms with E-state index in [4.69, 9.17) is 0 Å². The second-order valence-corrected chi connectivity index (χ2v) is 5.77. The van der Waals surface area contributed by atoms with E-state index in [0.717, 1.165) is 12.8 Å². The maximum Gasteiger partial charge on any atom is 0.256 e. The number of carbonyl (C=O) groups excluding carboxylic acids is 1. The highest BCUT2D eigenvalue weighted by Gasteiger charge is 2.40. The highest BCUT2D eigenvalue weighted by Crippen LogP contribution is 2.34. The molecule has 6 nitrogen and oxygen atoms in total. The first-order chi connectivity index (χ1) is 8.99. The van der Waals surface area contributed by atoms with Crippen molar-refractivity contribution in [2.24, 2.45) is 0 Å². The molecule has 3 rings (SSSR count). The molecule has 6 heteroatoms. The summed E-state index contributed by atoms with van der Waals surface area (Å²) >= 11 is 0. The van der Waals surface area contributed by atoms with E-state index in [1.807, 2.05) is 4.90 Å². The fourth-order valence-corrected chi connectivity index (χ4v) is 2.89. The van der Waals surface area contributed by atoms with Gasteiger partial charge in [-0.3, -0.25) is 4.79 Å². The molecule has 0 aliphatic carbocycles. The molecule has 0 radical (unpaired) electrons. The summed E-state index contributed by atoms with van der Waals surface area (Å²) in [4.78, 5) is 14.7. The number of pyridine rings is 1. The lowest BCUT2D eigenvalue weighted by Gasteiger charge is -2.34. The van der Waals surface area contributed by atoms with Crippen LogP contribution in [-0.4, -0.2) is 42.4 Å². The van der Waals surface area contributed by atoms with Crippen LogP contribution in [0.3, 0.4) is 0 Å². The predicted octanol–water partition coefficient (Wildman–Crippen LogP) is 1.53. The standard InChI is InChI=1S/C13H17N5O/c1-9-6-7-13(2,3)18(9)12(19)10-4-5-11-14-15-16-17(11)8-10/h4-5,8-9H,6-7H2,1-3H3. The zero-order valence-electron chi connectivity index (χ0n) is 11.4. The first-order valence-electron chi connectivity index (χ1n) is 6.50. The van der Waals surface area contributed by atoms with Gasteiger partial charge in [0.1, 0.15) is 0 Å². The molecule has 2 aromatic rings. The summed E-state index contributed by atoms with van der Waals surface area (Å²) in [5, 5.41) is 11.2. The molecule has 0 aromatic carbocycles. The summed E-state index contributed by atoms with van der Waals surface area (Å²) in [7, 11) is 0. The fourth-order valence-electron chi connectivity index (χ4n) is 2.89. The van der Waals surface area contributed by atoms with Gasteiger partial charge in [-0.15, -0.1) is 5.10 Å². The molecule has 0 spiro atoms.